The number of nitrogens with zero attached hydrogens (tertiary/aromatic N) is 6. The van der Waals surface area contributed by atoms with Gasteiger partial charge in [-0.2, -0.15) is 5.21 Å². The summed E-state index contributed by atoms with van der Waals surface area (Å²) in [7, 11) is 0. The lowest BCUT2D eigenvalue weighted by atomic mass is 9.97. The topological polar surface area (TPSA) is 114 Å². The zero-order valence-electron chi connectivity index (χ0n) is 10.6. The highest BCUT2D eigenvalue weighted by atomic mass is 16.6. The third kappa shape index (κ3) is 2.29. The van der Waals surface area contributed by atoms with Gasteiger partial charge in [-0.3, -0.25) is 10.1 Å². The van der Waals surface area contributed by atoms with Crippen LogP contribution in [0.5, 0.6) is 0 Å². The molecule has 2 aromatic rings. The molecule has 2 aromatic heterocycles. The fraction of sp³-hybridized carbons (Fsp3) is 0.455. The van der Waals surface area contributed by atoms with Crippen molar-refractivity contribution in [3.05, 3.63) is 34.3 Å². The highest BCUT2D eigenvalue weighted by Crippen LogP contribution is 2.31. The number of pyridine rings is 1. The number of rotatable bonds is 3. The number of nitrogens with one attached hydrogen (secondary N) is 1. The molecule has 0 radical (unpaired) electrons. The monoisotopic (exact) mass is 275 g/mol. The van der Waals surface area contributed by atoms with Crippen LogP contribution in [0.4, 0.5) is 11.5 Å². The number of anilines is 1. The molecule has 1 N–H and O–H groups in total. The Morgan fingerprint density at radius 1 is 1.50 bits per heavy atom. The van der Waals surface area contributed by atoms with Crippen LogP contribution >= 0.6 is 0 Å². The summed E-state index contributed by atoms with van der Waals surface area (Å²) >= 11 is 0. The van der Waals surface area contributed by atoms with Gasteiger partial charge in [-0.15, -0.1) is 10.2 Å². The second kappa shape index (κ2) is 5.19. The standard InChI is InChI=1S/C11H13N7O2/c19-18(20)9-4-1-5-12-11(9)17-6-2-3-8(7-17)10-13-15-16-14-10/h1,4-5,8H,2-3,6-7H2,(H,13,14,15,16)/t8-/m1/s1. The summed E-state index contributed by atoms with van der Waals surface area (Å²) in [5, 5.41) is 25.1. The van der Waals surface area contributed by atoms with Crippen molar-refractivity contribution in [3.8, 4) is 0 Å². The fourth-order valence-corrected chi connectivity index (χ4v) is 2.50. The predicted octanol–water partition coefficient (Wildman–Crippen LogP) is 0.887. The highest BCUT2D eigenvalue weighted by Gasteiger charge is 2.28. The Morgan fingerprint density at radius 3 is 3.15 bits per heavy atom. The maximum Gasteiger partial charge on any atom is 0.311 e. The molecule has 3 rings (SSSR count). The van der Waals surface area contributed by atoms with Gasteiger partial charge < -0.3 is 4.90 Å². The molecule has 0 spiro atoms. The third-order valence-electron chi connectivity index (χ3n) is 3.41. The van der Waals surface area contributed by atoms with E-state index in [4.69, 9.17) is 0 Å². The van der Waals surface area contributed by atoms with Gasteiger partial charge in [0.05, 0.1) is 4.92 Å². The van der Waals surface area contributed by atoms with Gasteiger partial charge in [-0.25, -0.2) is 4.98 Å². The first-order chi connectivity index (χ1) is 9.75. The number of tetrazole rings is 1. The van der Waals surface area contributed by atoms with Crippen molar-refractivity contribution >= 4 is 11.5 Å². The van der Waals surface area contributed by atoms with Crippen LogP contribution in [0.3, 0.4) is 0 Å². The van der Waals surface area contributed by atoms with Gasteiger partial charge in [-0.1, -0.05) is 5.21 Å². The zero-order chi connectivity index (χ0) is 13.9. The molecule has 1 saturated heterocycles. The first-order valence-corrected chi connectivity index (χ1v) is 6.33. The molecule has 0 aromatic carbocycles. The van der Waals surface area contributed by atoms with Crippen molar-refractivity contribution in [2.75, 3.05) is 18.0 Å². The maximum atomic E-state index is 11.1. The number of aromatic amines is 1. The van der Waals surface area contributed by atoms with Crippen LogP contribution < -0.4 is 4.90 Å². The normalized spacial score (nSPS) is 19.0. The van der Waals surface area contributed by atoms with Crippen LogP contribution in [0, 0.1) is 10.1 Å². The molecule has 0 unspecified atom stereocenters. The number of hydrogen-bond donors (Lipinski definition) is 1. The van der Waals surface area contributed by atoms with Crippen LogP contribution in [0.25, 0.3) is 0 Å². The molecule has 0 saturated carbocycles. The number of aromatic nitrogens is 5. The lowest BCUT2D eigenvalue weighted by Crippen LogP contribution is -2.35. The Balaban J connectivity index is 1.86. The zero-order valence-corrected chi connectivity index (χ0v) is 10.6. The number of nitro groups is 1. The van der Waals surface area contributed by atoms with Crippen molar-refractivity contribution < 1.29 is 4.92 Å². The minimum Gasteiger partial charge on any atom is -0.350 e. The van der Waals surface area contributed by atoms with E-state index in [0.717, 1.165) is 19.4 Å². The second-order valence-corrected chi connectivity index (χ2v) is 4.66. The summed E-state index contributed by atoms with van der Waals surface area (Å²) in [6.45, 7) is 1.35. The number of H-pyrrole nitrogens is 1. The first-order valence-electron chi connectivity index (χ1n) is 6.33. The van der Waals surface area contributed by atoms with Gasteiger partial charge >= 0.3 is 5.69 Å². The van der Waals surface area contributed by atoms with Gasteiger partial charge in [-0.05, 0) is 18.9 Å². The van der Waals surface area contributed by atoms with E-state index in [1.54, 1.807) is 12.3 Å². The van der Waals surface area contributed by atoms with E-state index in [1.807, 2.05) is 4.90 Å². The number of piperidine rings is 1. The summed E-state index contributed by atoms with van der Waals surface area (Å²) in [5.74, 6) is 1.17. The van der Waals surface area contributed by atoms with Crippen molar-refractivity contribution in [1.82, 2.24) is 25.6 Å². The molecule has 1 atom stereocenters. The average molecular weight is 275 g/mol. The second-order valence-electron chi connectivity index (χ2n) is 4.66. The fourth-order valence-electron chi connectivity index (χ4n) is 2.50. The van der Waals surface area contributed by atoms with Crippen LogP contribution in [-0.2, 0) is 0 Å². The molecule has 1 fully saturated rings. The lowest BCUT2D eigenvalue weighted by Gasteiger charge is -2.31. The minimum atomic E-state index is -0.402. The Bertz CT molecular complexity index is 601. The molecule has 1 aliphatic heterocycles. The van der Waals surface area contributed by atoms with E-state index in [9.17, 15) is 10.1 Å². The van der Waals surface area contributed by atoms with Gasteiger partial charge in [0.15, 0.2) is 5.82 Å². The van der Waals surface area contributed by atoms with Crippen molar-refractivity contribution in [1.29, 1.82) is 0 Å². The van der Waals surface area contributed by atoms with Crippen LogP contribution in [0.1, 0.15) is 24.6 Å². The SMILES string of the molecule is O=[N+]([O-])c1cccnc1N1CCC[C@@H](c2nn[nH]n2)C1. The molecular formula is C11H13N7O2. The van der Waals surface area contributed by atoms with E-state index in [0.29, 0.717) is 18.2 Å². The summed E-state index contributed by atoms with van der Waals surface area (Å²) in [6, 6.07) is 3.04. The summed E-state index contributed by atoms with van der Waals surface area (Å²) in [5.41, 5.74) is 0.0289. The van der Waals surface area contributed by atoms with Gasteiger partial charge in [0, 0.05) is 31.3 Å². The van der Waals surface area contributed by atoms with Crippen molar-refractivity contribution in [3.63, 3.8) is 0 Å². The average Bonchev–Trinajstić information content (AvgIpc) is 3.01. The van der Waals surface area contributed by atoms with Gasteiger partial charge in [0.1, 0.15) is 0 Å². The molecule has 3 heterocycles. The quantitative estimate of drug-likeness (QED) is 0.653. The summed E-state index contributed by atoms with van der Waals surface area (Å²) < 4.78 is 0. The summed E-state index contributed by atoms with van der Waals surface area (Å²) in [6.07, 6.45) is 3.42. The largest absolute Gasteiger partial charge is 0.350 e. The van der Waals surface area contributed by atoms with Gasteiger partial charge in [0.25, 0.3) is 0 Å². The molecule has 9 heteroatoms. The van der Waals surface area contributed by atoms with E-state index >= 15 is 0 Å². The van der Waals surface area contributed by atoms with E-state index in [-0.39, 0.29) is 11.6 Å². The summed E-state index contributed by atoms with van der Waals surface area (Å²) in [4.78, 5) is 16.8. The van der Waals surface area contributed by atoms with Gasteiger partial charge in [0.2, 0.25) is 5.82 Å². The van der Waals surface area contributed by atoms with E-state index in [1.165, 1.54) is 6.07 Å². The maximum absolute atomic E-state index is 11.1. The van der Waals surface area contributed by atoms with Crippen LogP contribution in [0.15, 0.2) is 18.3 Å². The predicted molar refractivity (Wildman–Crippen MR) is 69.3 cm³/mol. The highest BCUT2D eigenvalue weighted by molar-refractivity contribution is 5.57. The molecule has 104 valence electrons. The Labute approximate surface area is 114 Å². The first kappa shape index (κ1) is 12.5. The van der Waals surface area contributed by atoms with Crippen LogP contribution in [-0.4, -0.2) is 43.6 Å². The van der Waals surface area contributed by atoms with Crippen molar-refractivity contribution in [2.24, 2.45) is 0 Å². The molecular weight excluding hydrogens is 262 g/mol. The molecule has 20 heavy (non-hydrogen) atoms. The lowest BCUT2D eigenvalue weighted by molar-refractivity contribution is -0.384. The molecule has 9 nitrogen and oxygen atoms in total. The third-order valence-corrected chi connectivity index (χ3v) is 3.41. The van der Waals surface area contributed by atoms with E-state index < -0.39 is 4.92 Å². The molecule has 0 bridgehead atoms. The van der Waals surface area contributed by atoms with E-state index in [2.05, 4.69) is 25.6 Å². The Kier molecular flexibility index (Phi) is 3.23. The number of hydrogen-bond acceptors (Lipinski definition) is 7. The minimum absolute atomic E-state index is 0.0289. The van der Waals surface area contributed by atoms with Crippen molar-refractivity contribution in [2.45, 2.75) is 18.8 Å². The van der Waals surface area contributed by atoms with Crippen LogP contribution in [0.2, 0.25) is 0 Å². The Morgan fingerprint density at radius 2 is 2.40 bits per heavy atom. The Hall–Kier alpha value is -2.58. The molecule has 0 aliphatic carbocycles. The smallest absolute Gasteiger partial charge is 0.311 e. The molecule has 1 aliphatic rings. The molecule has 0 amide bonds.